The molecule has 0 saturated heterocycles. The highest BCUT2D eigenvalue weighted by Gasteiger charge is 2.09. The van der Waals surface area contributed by atoms with Crippen molar-refractivity contribution in [2.24, 2.45) is 0 Å². The monoisotopic (exact) mass is 256 g/mol. The molecule has 0 fully saturated rings. The van der Waals surface area contributed by atoms with Crippen LogP contribution in [0.4, 0.5) is 0 Å². The summed E-state index contributed by atoms with van der Waals surface area (Å²) < 4.78 is 8.67. The van der Waals surface area contributed by atoms with E-state index >= 15 is 0 Å². The first-order valence-corrected chi connectivity index (χ1v) is 5.66. The highest BCUT2D eigenvalue weighted by Crippen LogP contribution is 1.95. The molecule has 100 valence electrons. The van der Waals surface area contributed by atoms with Crippen LogP contribution in [0.1, 0.15) is 39.5 Å². The van der Waals surface area contributed by atoms with Gasteiger partial charge in [-0.1, -0.05) is 13.8 Å². The van der Waals surface area contributed by atoms with Crippen LogP contribution in [0.5, 0.6) is 0 Å². The third kappa shape index (κ3) is 8.20. The number of hydrogen-bond donors (Lipinski definition) is 0. The number of hydrogen-bond acceptors (Lipinski definition) is 6. The molecule has 18 heavy (non-hydrogen) atoms. The van der Waals surface area contributed by atoms with E-state index in [1.54, 1.807) is 13.8 Å². The summed E-state index contributed by atoms with van der Waals surface area (Å²) in [5.74, 6) is -3.26. The quantitative estimate of drug-likeness (QED) is 0.404. The van der Waals surface area contributed by atoms with Crippen molar-refractivity contribution in [3.05, 3.63) is 12.2 Å². The first kappa shape index (κ1) is 16.0. The van der Waals surface area contributed by atoms with Crippen molar-refractivity contribution in [2.75, 3.05) is 0 Å². The van der Waals surface area contributed by atoms with Crippen molar-refractivity contribution < 1.29 is 28.7 Å². The van der Waals surface area contributed by atoms with Gasteiger partial charge in [-0.15, -0.1) is 0 Å². The van der Waals surface area contributed by atoms with Crippen LogP contribution >= 0.6 is 0 Å². The molecule has 0 heterocycles. The van der Waals surface area contributed by atoms with Crippen molar-refractivity contribution in [2.45, 2.75) is 39.5 Å². The summed E-state index contributed by atoms with van der Waals surface area (Å²) in [4.78, 5) is 43.9. The molecule has 6 heteroatoms. The molecule has 0 N–H and O–H groups in total. The largest absolute Gasteiger partial charge is 0.390 e. The molecule has 0 spiro atoms. The van der Waals surface area contributed by atoms with Gasteiger partial charge in [0.1, 0.15) is 0 Å². The minimum atomic E-state index is -0.964. The summed E-state index contributed by atoms with van der Waals surface area (Å²) in [6.07, 6.45) is 2.86. The molecule has 0 aliphatic rings. The lowest BCUT2D eigenvalue weighted by Crippen LogP contribution is -2.12. The number of ether oxygens (including phenoxy) is 2. The molecule has 0 saturated carbocycles. The number of carbonyl (C=O) groups is 4. The summed E-state index contributed by atoms with van der Waals surface area (Å²) >= 11 is 0. The van der Waals surface area contributed by atoms with Gasteiger partial charge < -0.3 is 9.47 Å². The summed E-state index contributed by atoms with van der Waals surface area (Å²) in [6.45, 7) is 3.52. The molecule has 0 aliphatic heterocycles. The van der Waals surface area contributed by atoms with E-state index in [4.69, 9.17) is 0 Å². The molecule has 0 rings (SSSR count). The van der Waals surface area contributed by atoms with Gasteiger partial charge in [0, 0.05) is 25.0 Å². The van der Waals surface area contributed by atoms with E-state index < -0.39 is 23.9 Å². The lowest BCUT2D eigenvalue weighted by molar-refractivity contribution is -0.159. The van der Waals surface area contributed by atoms with Crippen molar-refractivity contribution in [1.82, 2.24) is 0 Å². The van der Waals surface area contributed by atoms with Crippen molar-refractivity contribution in [3.8, 4) is 0 Å². The maximum Gasteiger partial charge on any atom is 0.338 e. The van der Waals surface area contributed by atoms with Crippen molar-refractivity contribution in [1.29, 1.82) is 0 Å². The molecule has 0 aromatic rings. The van der Waals surface area contributed by atoms with Gasteiger partial charge in [-0.05, 0) is 12.8 Å². The van der Waals surface area contributed by atoms with Crippen LogP contribution in [0.3, 0.4) is 0 Å². The third-order valence-electron chi connectivity index (χ3n) is 1.69. The second kappa shape index (κ2) is 9.09. The second-order valence-corrected chi connectivity index (χ2v) is 3.42. The van der Waals surface area contributed by atoms with E-state index in [1.807, 2.05) is 0 Å². The predicted molar refractivity (Wildman–Crippen MR) is 61.2 cm³/mol. The third-order valence-corrected chi connectivity index (χ3v) is 1.69. The maximum absolute atomic E-state index is 11.0. The molecule has 6 nitrogen and oxygen atoms in total. The fourth-order valence-corrected chi connectivity index (χ4v) is 0.939. The summed E-state index contributed by atoms with van der Waals surface area (Å²) in [5, 5.41) is 0. The molecular formula is C12H16O6. The number of carbonyl (C=O) groups excluding carboxylic acids is 4. The van der Waals surface area contributed by atoms with Gasteiger partial charge in [-0.2, -0.15) is 0 Å². The molecule has 0 aromatic carbocycles. The lowest BCUT2D eigenvalue weighted by atomic mass is 10.3. The average Bonchev–Trinajstić information content (AvgIpc) is 2.27. The van der Waals surface area contributed by atoms with E-state index in [0.717, 1.165) is 12.2 Å². The Morgan fingerprint density at radius 2 is 1.11 bits per heavy atom. The zero-order valence-electron chi connectivity index (χ0n) is 10.4. The fourth-order valence-electron chi connectivity index (χ4n) is 0.939. The van der Waals surface area contributed by atoms with Crippen LogP contribution < -0.4 is 0 Å². The Labute approximate surface area is 105 Å². The Kier molecular flexibility index (Phi) is 8.09. The van der Waals surface area contributed by atoms with Crippen LogP contribution in [0.15, 0.2) is 12.2 Å². The van der Waals surface area contributed by atoms with Crippen molar-refractivity contribution >= 4 is 23.9 Å². The second-order valence-electron chi connectivity index (χ2n) is 3.42. The fraction of sp³-hybridized carbons (Fsp3) is 0.500. The smallest absolute Gasteiger partial charge is 0.338 e. The zero-order valence-corrected chi connectivity index (χ0v) is 10.4. The van der Waals surface area contributed by atoms with Crippen LogP contribution in [-0.2, 0) is 28.7 Å². The Balaban J connectivity index is 4.06. The van der Waals surface area contributed by atoms with Gasteiger partial charge in [-0.25, -0.2) is 9.59 Å². The van der Waals surface area contributed by atoms with E-state index in [1.165, 1.54) is 0 Å². The van der Waals surface area contributed by atoms with Gasteiger partial charge in [0.2, 0.25) is 0 Å². The van der Waals surface area contributed by atoms with E-state index in [2.05, 4.69) is 9.47 Å². The first-order chi connectivity index (χ1) is 8.49. The van der Waals surface area contributed by atoms with Gasteiger partial charge in [0.15, 0.2) is 0 Å². The Morgan fingerprint density at radius 3 is 1.39 bits per heavy atom. The molecule has 0 atom stereocenters. The van der Waals surface area contributed by atoms with E-state index in [0.29, 0.717) is 12.8 Å². The Hall–Kier alpha value is -1.98. The standard InChI is InChI=1S/C12H16O6/c1-3-5-9(13)17-11(15)7-8-12(16)18-10(14)6-4-2/h7-8H,3-6H2,1-2H3/b8-7-. The van der Waals surface area contributed by atoms with Crippen molar-refractivity contribution in [3.63, 3.8) is 0 Å². The first-order valence-electron chi connectivity index (χ1n) is 5.66. The average molecular weight is 256 g/mol. The van der Waals surface area contributed by atoms with Crippen LogP contribution in [0, 0.1) is 0 Å². The molecule has 0 amide bonds. The number of rotatable bonds is 6. The maximum atomic E-state index is 11.0. The Bertz CT molecular complexity index is 322. The van der Waals surface area contributed by atoms with Crippen LogP contribution in [0.25, 0.3) is 0 Å². The lowest BCUT2D eigenvalue weighted by Gasteiger charge is -1.98. The number of esters is 4. The molecule has 0 radical (unpaired) electrons. The normalized spacial score (nSPS) is 10.1. The minimum absolute atomic E-state index is 0.124. The molecule has 0 aliphatic carbocycles. The van der Waals surface area contributed by atoms with Gasteiger partial charge >= 0.3 is 23.9 Å². The summed E-state index contributed by atoms with van der Waals surface area (Å²) in [6, 6.07) is 0. The molecule has 0 unspecified atom stereocenters. The van der Waals surface area contributed by atoms with Crippen LogP contribution in [-0.4, -0.2) is 23.9 Å². The van der Waals surface area contributed by atoms with Gasteiger partial charge in [0.05, 0.1) is 0 Å². The SMILES string of the molecule is CCCC(=O)OC(=O)/C=C\C(=O)OC(=O)CCC. The van der Waals surface area contributed by atoms with E-state index in [-0.39, 0.29) is 12.8 Å². The molecule has 0 bridgehead atoms. The molecule has 0 aromatic heterocycles. The summed E-state index contributed by atoms with van der Waals surface area (Å²) in [7, 11) is 0. The molecular weight excluding hydrogens is 240 g/mol. The highest BCUT2D eigenvalue weighted by molar-refractivity contribution is 5.98. The summed E-state index contributed by atoms with van der Waals surface area (Å²) in [5.41, 5.74) is 0. The van der Waals surface area contributed by atoms with Crippen LogP contribution in [0.2, 0.25) is 0 Å². The van der Waals surface area contributed by atoms with Gasteiger partial charge in [-0.3, -0.25) is 9.59 Å². The van der Waals surface area contributed by atoms with Gasteiger partial charge in [0.25, 0.3) is 0 Å². The topological polar surface area (TPSA) is 86.7 Å². The highest BCUT2D eigenvalue weighted by atomic mass is 16.6. The zero-order chi connectivity index (χ0) is 14.0. The van der Waals surface area contributed by atoms with E-state index in [9.17, 15) is 19.2 Å². The minimum Gasteiger partial charge on any atom is -0.390 e. The predicted octanol–water partition coefficient (Wildman–Crippen LogP) is 1.28. The Morgan fingerprint density at radius 1 is 0.778 bits per heavy atom.